The number of hydrogen-bond donors (Lipinski definition) is 1. The number of carbonyl (C=O) groups excluding carboxylic acids is 1. The van der Waals surface area contributed by atoms with Gasteiger partial charge in [-0.25, -0.2) is 4.98 Å². The molecule has 2 atom stereocenters. The van der Waals surface area contributed by atoms with Crippen molar-refractivity contribution < 1.29 is 9.32 Å². The van der Waals surface area contributed by atoms with Gasteiger partial charge in [-0.2, -0.15) is 0 Å². The van der Waals surface area contributed by atoms with Gasteiger partial charge in [-0.3, -0.25) is 4.79 Å². The molecule has 112 valence electrons. The molecule has 0 spiro atoms. The Labute approximate surface area is 123 Å². The first kappa shape index (κ1) is 13.9. The fraction of sp³-hybridized carbons (Fsp3) is 0.533. The van der Waals surface area contributed by atoms with E-state index in [0.717, 1.165) is 42.2 Å². The molecule has 2 unspecified atom stereocenters. The summed E-state index contributed by atoms with van der Waals surface area (Å²) < 4.78 is 7.26. The van der Waals surface area contributed by atoms with Gasteiger partial charge in [0.25, 0.3) is 0 Å². The van der Waals surface area contributed by atoms with Crippen molar-refractivity contribution in [2.75, 3.05) is 0 Å². The first-order valence-corrected chi connectivity index (χ1v) is 7.29. The molecule has 1 aliphatic rings. The molecule has 1 aliphatic heterocycles. The molecular weight excluding hydrogens is 268 g/mol. The zero-order valence-corrected chi connectivity index (χ0v) is 12.6. The zero-order valence-electron chi connectivity index (χ0n) is 12.6. The number of aryl methyl sites for hydroxylation is 3. The Bertz CT molecular complexity index is 639. The number of rotatable bonds is 3. The highest BCUT2D eigenvalue weighted by atomic mass is 16.5. The molecule has 6 heteroatoms. The third-order valence-electron chi connectivity index (χ3n) is 4.20. The van der Waals surface area contributed by atoms with Crippen molar-refractivity contribution in [1.29, 1.82) is 0 Å². The van der Waals surface area contributed by atoms with E-state index >= 15 is 0 Å². The minimum atomic E-state index is -0.250. The number of nitrogens with zero attached hydrogens (tertiary/aromatic N) is 3. The van der Waals surface area contributed by atoms with Crippen LogP contribution in [0.25, 0.3) is 0 Å². The lowest BCUT2D eigenvalue weighted by Gasteiger charge is -2.26. The van der Waals surface area contributed by atoms with E-state index in [1.807, 2.05) is 33.2 Å². The standard InChI is InChI=1S/C15H20N4O2/c1-9(14-10(2)18-21-11(14)3)15(20)17-12-4-5-13-16-6-7-19(13)8-12/h6-7,9,12H,4-5,8H2,1-3H3,(H,17,20). The lowest BCUT2D eigenvalue weighted by molar-refractivity contribution is -0.123. The minimum absolute atomic E-state index is 0.0259. The Morgan fingerprint density at radius 3 is 3.05 bits per heavy atom. The first-order valence-electron chi connectivity index (χ1n) is 7.29. The number of nitrogens with one attached hydrogen (secondary N) is 1. The van der Waals surface area contributed by atoms with Crippen molar-refractivity contribution in [3.8, 4) is 0 Å². The van der Waals surface area contributed by atoms with E-state index in [4.69, 9.17) is 4.52 Å². The van der Waals surface area contributed by atoms with E-state index < -0.39 is 0 Å². The van der Waals surface area contributed by atoms with Crippen molar-refractivity contribution in [2.45, 2.75) is 52.1 Å². The van der Waals surface area contributed by atoms with Gasteiger partial charge in [0, 0.05) is 37.0 Å². The van der Waals surface area contributed by atoms with Crippen LogP contribution in [0.15, 0.2) is 16.9 Å². The van der Waals surface area contributed by atoms with E-state index in [-0.39, 0.29) is 17.9 Å². The summed E-state index contributed by atoms with van der Waals surface area (Å²) in [5.41, 5.74) is 1.68. The van der Waals surface area contributed by atoms with Gasteiger partial charge in [-0.05, 0) is 27.2 Å². The monoisotopic (exact) mass is 288 g/mol. The van der Waals surface area contributed by atoms with E-state index in [1.54, 1.807) is 0 Å². The minimum Gasteiger partial charge on any atom is -0.361 e. The van der Waals surface area contributed by atoms with Crippen LogP contribution in [0.5, 0.6) is 0 Å². The number of fused-ring (bicyclic) bond motifs is 1. The second kappa shape index (κ2) is 5.35. The number of aromatic nitrogens is 3. The number of hydrogen-bond acceptors (Lipinski definition) is 4. The van der Waals surface area contributed by atoms with Crippen molar-refractivity contribution in [3.63, 3.8) is 0 Å². The number of carbonyl (C=O) groups is 1. The Morgan fingerprint density at radius 1 is 1.52 bits per heavy atom. The van der Waals surface area contributed by atoms with E-state index in [1.165, 1.54) is 0 Å². The molecule has 0 bridgehead atoms. The van der Waals surface area contributed by atoms with Crippen molar-refractivity contribution in [1.82, 2.24) is 20.0 Å². The van der Waals surface area contributed by atoms with Crippen LogP contribution in [-0.4, -0.2) is 26.7 Å². The van der Waals surface area contributed by atoms with Gasteiger partial charge < -0.3 is 14.4 Å². The Morgan fingerprint density at radius 2 is 2.33 bits per heavy atom. The third-order valence-corrected chi connectivity index (χ3v) is 4.20. The van der Waals surface area contributed by atoms with Crippen LogP contribution in [-0.2, 0) is 17.8 Å². The summed E-state index contributed by atoms with van der Waals surface area (Å²) in [7, 11) is 0. The van der Waals surface area contributed by atoms with Gasteiger partial charge in [-0.1, -0.05) is 5.16 Å². The summed E-state index contributed by atoms with van der Waals surface area (Å²) in [6, 6.07) is 0.155. The summed E-state index contributed by atoms with van der Waals surface area (Å²) in [6.45, 7) is 6.40. The lowest BCUT2D eigenvalue weighted by Crippen LogP contribution is -2.42. The largest absolute Gasteiger partial charge is 0.361 e. The number of amides is 1. The maximum absolute atomic E-state index is 12.5. The second-order valence-corrected chi connectivity index (χ2v) is 5.70. The van der Waals surface area contributed by atoms with E-state index in [9.17, 15) is 4.79 Å². The van der Waals surface area contributed by atoms with E-state index in [0.29, 0.717) is 0 Å². The molecule has 1 amide bonds. The lowest BCUT2D eigenvalue weighted by atomic mass is 9.97. The molecular formula is C15H20N4O2. The van der Waals surface area contributed by atoms with Crippen LogP contribution in [0.3, 0.4) is 0 Å². The molecule has 21 heavy (non-hydrogen) atoms. The maximum Gasteiger partial charge on any atom is 0.227 e. The van der Waals surface area contributed by atoms with Gasteiger partial charge in [0.05, 0.1) is 11.6 Å². The molecule has 0 aliphatic carbocycles. The summed E-state index contributed by atoms with van der Waals surface area (Å²) in [4.78, 5) is 16.8. The van der Waals surface area contributed by atoms with Gasteiger partial charge in [0.15, 0.2) is 0 Å². The van der Waals surface area contributed by atoms with Gasteiger partial charge in [0.1, 0.15) is 11.6 Å². The topological polar surface area (TPSA) is 73.0 Å². The highest BCUT2D eigenvalue weighted by Crippen LogP contribution is 2.24. The first-order chi connectivity index (χ1) is 10.1. The quantitative estimate of drug-likeness (QED) is 0.933. The predicted molar refractivity (Wildman–Crippen MR) is 76.9 cm³/mol. The molecule has 1 N–H and O–H groups in total. The Hall–Kier alpha value is -2.11. The highest BCUT2D eigenvalue weighted by Gasteiger charge is 2.26. The molecule has 0 aromatic carbocycles. The fourth-order valence-electron chi connectivity index (χ4n) is 3.05. The summed E-state index contributed by atoms with van der Waals surface area (Å²) >= 11 is 0. The van der Waals surface area contributed by atoms with Crippen LogP contribution in [0.1, 0.15) is 42.1 Å². The van der Waals surface area contributed by atoms with Crippen LogP contribution >= 0.6 is 0 Å². The molecule has 0 radical (unpaired) electrons. The van der Waals surface area contributed by atoms with Gasteiger partial charge in [0.2, 0.25) is 5.91 Å². The Kier molecular flexibility index (Phi) is 3.53. The molecule has 0 fully saturated rings. The molecule has 2 aromatic rings. The summed E-state index contributed by atoms with van der Waals surface area (Å²) in [5, 5.41) is 7.06. The molecule has 0 saturated carbocycles. The third kappa shape index (κ3) is 2.57. The second-order valence-electron chi connectivity index (χ2n) is 5.70. The summed E-state index contributed by atoms with van der Waals surface area (Å²) in [6.07, 6.45) is 5.60. The van der Waals surface area contributed by atoms with Gasteiger partial charge >= 0.3 is 0 Å². The predicted octanol–water partition coefficient (Wildman–Crippen LogP) is 1.72. The normalized spacial score (nSPS) is 19.1. The fourth-order valence-corrected chi connectivity index (χ4v) is 3.05. The molecule has 6 nitrogen and oxygen atoms in total. The zero-order chi connectivity index (χ0) is 15.0. The van der Waals surface area contributed by atoms with Crippen molar-refractivity contribution >= 4 is 5.91 Å². The Balaban J connectivity index is 1.67. The molecule has 2 aromatic heterocycles. The maximum atomic E-state index is 12.5. The number of imidazole rings is 1. The van der Waals surface area contributed by atoms with Crippen LogP contribution in [0.4, 0.5) is 0 Å². The van der Waals surface area contributed by atoms with Crippen molar-refractivity contribution in [2.24, 2.45) is 0 Å². The molecule has 0 saturated heterocycles. The molecule has 3 rings (SSSR count). The van der Waals surface area contributed by atoms with E-state index in [2.05, 4.69) is 20.0 Å². The van der Waals surface area contributed by atoms with Crippen LogP contribution in [0.2, 0.25) is 0 Å². The van der Waals surface area contributed by atoms with Crippen LogP contribution < -0.4 is 5.32 Å². The SMILES string of the molecule is Cc1noc(C)c1C(C)C(=O)NC1CCc2nccn2C1. The highest BCUT2D eigenvalue weighted by molar-refractivity contribution is 5.84. The molecule has 3 heterocycles. The summed E-state index contributed by atoms with van der Waals surface area (Å²) in [5.74, 6) is 1.59. The smallest absolute Gasteiger partial charge is 0.227 e. The van der Waals surface area contributed by atoms with Gasteiger partial charge in [-0.15, -0.1) is 0 Å². The average Bonchev–Trinajstić information content (AvgIpc) is 3.04. The van der Waals surface area contributed by atoms with Crippen LogP contribution in [0, 0.1) is 13.8 Å². The van der Waals surface area contributed by atoms with Crippen molar-refractivity contribution in [3.05, 3.63) is 35.2 Å². The average molecular weight is 288 g/mol.